The monoisotopic (exact) mass is 381 g/mol. The Balaban J connectivity index is 1.86. The number of amides is 1. The Labute approximate surface area is 161 Å². The lowest BCUT2D eigenvalue weighted by atomic mass is 9.91. The summed E-state index contributed by atoms with van der Waals surface area (Å²) in [5.74, 6) is 2.80. The van der Waals surface area contributed by atoms with Gasteiger partial charge < -0.3 is 15.8 Å². The highest BCUT2D eigenvalue weighted by molar-refractivity contribution is 8.13. The lowest BCUT2D eigenvalue weighted by Gasteiger charge is -2.36. The average Bonchev–Trinajstić information content (AvgIpc) is 2.68. The van der Waals surface area contributed by atoms with Crippen LogP contribution in [0.15, 0.2) is 41.7 Å². The average molecular weight is 381 g/mol. The summed E-state index contributed by atoms with van der Waals surface area (Å²) in [6, 6.07) is 6.72. The number of nitrogens with one attached hydrogen (secondary N) is 1. The number of carbonyl (C=O) groups is 1. The number of aromatic nitrogens is 2. The third kappa shape index (κ3) is 3.94. The number of hydrogen-bond acceptors (Lipinski definition) is 7. The SMILES string of the molecule is C#Cc1ccc(C(=O)Nc2ccnc([C@@]3(C)N=C(N)SCC3OC)c2)nc1. The summed E-state index contributed by atoms with van der Waals surface area (Å²) in [5.41, 5.74) is 7.30. The molecule has 3 N–H and O–H groups in total. The second kappa shape index (κ2) is 7.78. The fourth-order valence-corrected chi connectivity index (χ4v) is 3.81. The first kappa shape index (κ1) is 18.9. The number of amidine groups is 1. The maximum atomic E-state index is 12.4. The van der Waals surface area contributed by atoms with Gasteiger partial charge in [-0.2, -0.15) is 0 Å². The third-order valence-corrected chi connectivity index (χ3v) is 5.19. The van der Waals surface area contributed by atoms with Crippen molar-refractivity contribution in [2.45, 2.75) is 18.6 Å². The van der Waals surface area contributed by atoms with E-state index in [0.29, 0.717) is 27.9 Å². The first-order valence-electron chi connectivity index (χ1n) is 8.17. The quantitative estimate of drug-likeness (QED) is 0.786. The molecule has 0 aromatic carbocycles. The van der Waals surface area contributed by atoms with Crippen molar-refractivity contribution in [3.8, 4) is 12.3 Å². The Kier molecular flexibility index (Phi) is 5.44. The number of ether oxygens (including phenoxy) is 1. The topological polar surface area (TPSA) is 102 Å². The van der Waals surface area contributed by atoms with E-state index in [1.165, 1.54) is 18.0 Å². The first-order valence-corrected chi connectivity index (χ1v) is 9.16. The van der Waals surface area contributed by atoms with E-state index in [2.05, 4.69) is 26.2 Å². The number of hydrogen-bond donors (Lipinski definition) is 2. The van der Waals surface area contributed by atoms with Gasteiger partial charge in [0, 0.05) is 36.5 Å². The fraction of sp³-hybridized carbons (Fsp3) is 0.263. The van der Waals surface area contributed by atoms with Crippen LogP contribution < -0.4 is 11.1 Å². The number of rotatable bonds is 4. The highest BCUT2D eigenvalue weighted by atomic mass is 32.2. The maximum absolute atomic E-state index is 12.4. The number of nitrogens with two attached hydrogens (primary N) is 1. The molecule has 0 aliphatic carbocycles. The molecular weight excluding hydrogens is 362 g/mol. The molecule has 2 aromatic heterocycles. The predicted molar refractivity (Wildman–Crippen MR) is 107 cm³/mol. The smallest absolute Gasteiger partial charge is 0.274 e. The molecule has 1 aliphatic heterocycles. The van der Waals surface area contributed by atoms with E-state index in [-0.39, 0.29) is 17.7 Å². The minimum atomic E-state index is -0.739. The maximum Gasteiger partial charge on any atom is 0.274 e. The summed E-state index contributed by atoms with van der Waals surface area (Å²) in [6.07, 6.45) is 8.21. The molecule has 0 saturated carbocycles. The lowest BCUT2D eigenvalue weighted by molar-refractivity contribution is 0.0576. The van der Waals surface area contributed by atoms with Crippen molar-refractivity contribution in [3.05, 3.63) is 53.6 Å². The van der Waals surface area contributed by atoms with Gasteiger partial charge in [-0.1, -0.05) is 17.7 Å². The van der Waals surface area contributed by atoms with Gasteiger partial charge in [-0.3, -0.25) is 9.78 Å². The Hall–Kier alpha value is -2.89. The van der Waals surface area contributed by atoms with Gasteiger partial charge in [-0.15, -0.1) is 6.42 Å². The Bertz CT molecular complexity index is 922. The van der Waals surface area contributed by atoms with Crippen molar-refractivity contribution in [3.63, 3.8) is 0 Å². The van der Waals surface area contributed by atoms with E-state index in [4.69, 9.17) is 16.9 Å². The molecule has 0 fully saturated rings. The molecule has 27 heavy (non-hydrogen) atoms. The molecular formula is C19H19N5O2S. The zero-order valence-corrected chi connectivity index (χ0v) is 15.8. The molecule has 138 valence electrons. The van der Waals surface area contributed by atoms with Gasteiger partial charge in [-0.05, 0) is 31.2 Å². The number of thioether (sulfide) groups is 1. The number of aliphatic imine (C=N–C) groups is 1. The minimum Gasteiger partial charge on any atom is -0.379 e. The highest BCUT2D eigenvalue weighted by Gasteiger charge is 2.40. The molecule has 3 rings (SSSR count). The summed E-state index contributed by atoms with van der Waals surface area (Å²) in [5, 5.41) is 3.30. The van der Waals surface area contributed by atoms with Crippen LogP contribution in [0.25, 0.3) is 0 Å². The molecule has 3 heterocycles. The van der Waals surface area contributed by atoms with Crippen LogP contribution in [0.2, 0.25) is 0 Å². The molecule has 7 nitrogen and oxygen atoms in total. The normalized spacial score (nSPS) is 21.8. The van der Waals surface area contributed by atoms with E-state index in [1.807, 2.05) is 6.92 Å². The number of anilines is 1. The molecule has 0 spiro atoms. The van der Waals surface area contributed by atoms with E-state index in [9.17, 15) is 4.79 Å². The molecule has 2 aromatic rings. The molecule has 0 bridgehead atoms. The van der Waals surface area contributed by atoms with Crippen molar-refractivity contribution in [2.75, 3.05) is 18.2 Å². The van der Waals surface area contributed by atoms with Gasteiger partial charge in [0.25, 0.3) is 5.91 Å². The van der Waals surface area contributed by atoms with Gasteiger partial charge in [0.05, 0.1) is 11.8 Å². The molecule has 8 heteroatoms. The van der Waals surface area contributed by atoms with Gasteiger partial charge in [0.2, 0.25) is 0 Å². The zero-order valence-electron chi connectivity index (χ0n) is 15.0. The van der Waals surface area contributed by atoms with Crippen LogP contribution in [0.4, 0.5) is 5.69 Å². The van der Waals surface area contributed by atoms with Crippen molar-refractivity contribution >= 4 is 28.5 Å². The molecule has 2 atom stereocenters. The number of methoxy groups -OCH3 is 1. The number of pyridine rings is 2. The fourth-order valence-electron chi connectivity index (χ4n) is 2.77. The van der Waals surface area contributed by atoms with Gasteiger partial charge >= 0.3 is 0 Å². The van der Waals surface area contributed by atoms with Crippen LogP contribution in [-0.2, 0) is 10.3 Å². The van der Waals surface area contributed by atoms with Crippen LogP contribution in [0.3, 0.4) is 0 Å². The summed E-state index contributed by atoms with van der Waals surface area (Å²) >= 11 is 1.45. The largest absolute Gasteiger partial charge is 0.379 e. The molecule has 1 aliphatic rings. The second-order valence-electron chi connectivity index (χ2n) is 6.09. The summed E-state index contributed by atoms with van der Waals surface area (Å²) < 4.78 is 5.58. The van der Waals surface area contributed by atoms with Crippen LogP contribution in [0.1, 0.15) is 28.7 Å². The molecule has 0 radical (unpaired) electrons. The van der Waals surface area contributed by atoms with Gasteiger partial charge in [-0.25, -0.2) is 9.98 Å². The predicted octanol–water partition coefficient (Wildman–Crippen LogP) is 2.00. The van der Waals surface area contributed by atoms with E-state index < -0.39 is 5.54 Å². The summed E-state index contributed by atoms with van der Waals surface area (Å²) in [6.45, 7) is 1.92. The molecule has 0 saturated heterocycles. The van der Waals surface area contributed by atoms with Crippen LogP contribution in [-0.4, -0.2) is 40.0 Å². The van der Waals surface area contributed by atoms with Crippen molar-refractivity contribution < 1.29 is 9.53 Å². The van der Waals surface area contributed by atoms with Crippen molar-refractivity contribution in [1.82, 2.24) is 9.97 Å². The molecule has 1 unspecified atom stereocenters. The molecule has 1 amide bonds. The van der Waals surface area contributed by atoms with E-state index in [1.54, 1.807) is 37.6 Å². The lowest BCUT2D eigenvalue weighted by Crippen LogP contribution is -2.43. The van der Waals surface area contributed by atoms with Crippen LogP contribution in [0, 0.1) is 12.3 Å². The van der Waals surface area contributed by atoms with Crippen molar-refractivity contribution in [2.24, 2.45) is 10.7 Å². The minimum absolute atomic E-state index is 0.189. The van der Waals surface area contributed by atoms with E-state index >= 15 is 0 Å². The Morgan fingerprint density at radius 3 is 2.93 bits per heavy atom. The number of carbonyl (C=O) groups excluding carboxylic acids is 1. The standard InChI is InChI=1S/C19H19N5O2S/c1-4-12-5-6-14(22-10-12)17(25)23-13-7-8-21-15(9-13)19(2)16(26-3)11-27-18(20)24-19/h1,5-10,16H,11H2,2-3H3,(H2,20,24)(H,21,23,25)/t16?,19-/m1/s1. The summed E-state index contributed by atoms with van der Waals surface area (Å²) in [7, 11) is 1.64. The highest BCUT2D eigenvalue weighted by Crippen LogP contribution is 2.36. The second-order valence-corrected chi connectivity index (χ2v) is 7.13. The Morgan fingerprint density at radius 1 is 1.44 bits per heavy atom. The number of terminal acetylenes is 1. The van der Waals surface area contributed by atoms with E-state index in [0.717, 1.165) is 0 Å². The van der Waals surface area contributed by atoms with Gasteiger partial charge in [0.1, 0.15) is 11.2 Å². The van der Waals surface area contributed by atoms with Crippen LogP contribution in [0.5, 0.6) is 0 Å². The third-order valence-electron chi connectivity index (χ3n) is 4.34. The summed E-state index contributed by atoms with van der Waals surface area (Å²) in [4.78, 5) is 25.5. The van der Waals surface area contributed by atoms with Crippen molar-refractivity contribution in [1.29, 1.82) is 0 Å². The van der Waals surface area contributed by atoms with Crippen LogP contribution >= 0.6 is 11.8 Å². The number of nitrogens with zero attached hydrogens (tertiary/aromatic N) is 3. The van der Waals surface area contributed by atoms with Gasteiger partial charge in [0.15, 0.2) is 5.17 Å². The Morgan fingerprint density at radius 2 is 2.26 bits per heavy atom. The zero-order chi connectivity index (χ0) is 19.4. The first-order chi connectivity index (χ1) is 13.0.